The number of anilines is 1. The van der Waals surface area contributed by atoms with E-state index in [2.05, 4.69) is 9.88 Å². The van der Waals surface area contributed by atoms with Crippen molar-refractivity contribution >= 4 is 28.3 Å². The molecule has 7 nitrogen and oxygen atoms in total. The van der Waals surface area contributed by atoms with Gasteiger partial charge in [-0.15, -0.1) is 11.3 Å². The van der Waals surface area contributed by atoms with Crippen LogP contribution in [0, 0.1) is 0 Å². The number of aromatic nitrogens is 1. The molecule has 21 heavy (non-hydrogen) atoms. The number of thiazole rings is 1. The number of nitrogens with two attached hydrogens (primary N) is 1. The monoisotopic (exact) mass is 311 g/mol. The minimum Gasteiger partial charge on any atom is -0.375 e. The molecule has 1 saturated heterocycles. The van der Waals surface area contributed by atoms with Crippen LogP contribution in [-0.4, -0.2) is 78.3 Å². The molecule has 2 amide bonds. The summed E-state index contributed by atoms with van der Waals surface area (Å²) in [5, 5.41) is 2.10. The molecule has 0 aliphatic carbocycles. The Morgan fingerprint density at radius 3 is 2.71 bits per heavy atom. The van der Waals surface area contributed by atoms with Crippen LogP contribution in [-0.2, 0) is 4.79 Å². The van der Waals surface area contributed by atoms with Gasteiger partial charge >= 0.3 is 0 Å². The minimum absolute atomic E-state index is 0.0799. The molecule has 2 heterocycles. The summed E-state index contributed by atoms with van der Waals surface area (Å²) < 4.78 is 0. The fourth-order valence-corrected chi connectivity index (χ4v) is 2.75. The second kappa shape index (κ2) is 6.86. The Morgan fingerprint density at radius 2 is 2.10 bits per heavy atom. The summed E-state index contributed by atoms with van der Waals surface area (Å²) in [6.45, 7) is 3.21. The van der Waals surface area contributed by atoms with Crippen molar-refractivity contribution in [2.45, 2.75) is 6.42 Å². The van der Waals surface area contributed by atoms with E-state index in [-0.39, 0.29) is 11.8 Å². The predicted molar refractivity (Wildman–Crippen MR) is 82.2 cm³/mol. The summed E-state index contributed by atoms with van der Waals surface area (Å²) in [5.41, 5.74) is 5.98. The number of nitrogen functional groups attached to an aromatic ring is 1. The molecular weight excluding hydrogens is 290 g/mol. The van der Waals surface area contributed by atoms with Crippen molar-refractivity contribution < 1.29 is 9.59 Å². The van der Waals surface area contributed by atoms with E-state index in [4.69, 9.17) is 5.73 Å². The maximum absolute atomic E-state index is 12.3. The number of amides is 2. The maximum atomic E-state index is 12.3. The first-order valence-electron chi connectivity index (χ1n) is 6.90. The van der Waals surface area contributed by atoms with Crippen molar-refractivity contribution in [3.63, 3.8) is 0 Å². The van der Waals surface area contributed by atoms with Crippen LogP contribution >= 0.6 is 11.3 Å². The first kappa shape index (κ1) is 15.7. The molecule has 116 valence electrons. The molecule has 2 rings (SSSR count). The SMILES string of the molecule is CN(C)C(=O)CN1CCCN(C(=O)c2csc(N)n2)CC1. The van der Waals surface area contributed by atoms with E-state index in [1.807, 2.05) is 0 Å². The van der Waals surface area contributed by atoms with E-state index in [1.54, 1.807) is 29.3 Å². The first-order chi connectivity index (χ1) is 9.97. The highest BCUT2D eigenvalue weighted by atomic mass is 32.1. The average Bonchev–Trinajstić information content (AvgIpc) is 2.74. The van der Waals surface area contributed by atoms with Gasteiger partial charge in [-0.1, -0.05) is 0 Å². The van der Waals surface area contributed by atoms with Crippen LogP contribution in [0.2, 0.25) is 0 Å². The fourth-order valence-electron chi connectivity index (χ4n) is 2.21. The van der Waals surface area contributed by atoms with Gasteiger partial charge < -0.3 is 15.5 Å². The number of hydrogen-bond acceptors (Lipinski definition) is 6. The standard InChI is InChI=1S/C13H21N5O2S/c1-16(2)11(19)8-17-4-3-5-18(7-6-17)12(20)10-9-21-13(14)15-10/h9H,3-8H2,1-2H3,(H2,14,15). The smallest absolute Gasteiger partial charge is 0.273 e. The van der Waals surface area contributed by atoms with Crippen molar-refractivity contribution in [1.82, 2.24) is 19.7 Å². The van der Waals surface area contributed by atoms with Crippen LogP contribution < -0.4 is 5.73 Å². The number of likely N-dealkylation sites (N-methyl/N-ethyl adjacent to an activating group) is 1. The third kappa shape index (κ3) is 4.15. The van der Waals surface area contributed by atoms with Crippen molar-refractivity contribution in [2.24, 2.45) is 0 Å². The van der Waals surface area contributed by atoms with Crippen molar-refractivity contribution in [3.05, 3.63) is 11.1 Å². The van der Waals surface area contributed by atoms with Crippen LogP contribution in [0.3, 0.4) is 0 Å². The van der Waals surface area contributed by atoms with Gasteiger partial charge in [0.15, 0.2) is 5.13 Å². The van der Waals surface area contributed by atoms with E-state index < -0.39 is 0 Å². The Kier molecular flexibility index (Phi) is 5.13. The number of hydrogen-bond donors (Lipinski definition) is 1. The molecule has 2 N–H and O–H groups in total. The molecule has 0 atom stereocenters. The summed E-state index contributed by atoms with van der Waals surface area (Å²) in [6.07, 6.45) is 0.853. The third-order valence-corrected chi connectivity index (χ3v) is 4.15. The normalized spacial score (nSPS) is 16.6. The molecule has 1 aliphatic rings. The number of nitrogens with zero attached hydrogens (tertiary/aromatic N) is 4. The average molecular weight is 311 g/mol. The molecule has 0 radical (unpaired) electrons. The van der Waals surface area contributed by atoms with Gasteiger partial charge in [0.25, 0.3) is 5.91 Å². The predicted octanol–water partition coefficient (Wildman–Crippen LogP) is -0.0386. The molecule has 0 unspecified atom stereocenters. The number of carbonyl (C=O) groups is 2. The lowest BCUT2D eigenvalue weighted by Gasteiger charge is -2.22. The lowest BCUT2D eigenvalue weighted by molar-refractivity contribution is -0.129. The molecule has 0 saturated carbocycles. The minimum atomic E-state index is -0.0799. The lowest BCUT2D eigenvalue weighted by atomic mass is 10.3. The zero-order chi connectivity index (χ0) is 15.4. The largest absolute Gasteiger partial charge is 0.375 e. The second-order valence-corrected chi connectivity index (χ2v) is 6.17. The van der Waals surface area contributed by atoms with E-state index in [0.29, 0.717) is 37.0 Å². The van der Waals surface area contributed by atoms with Gasteiger partial charge in [0.05, 0.1) is 6.54 Å². The van der Waals surface area contributed by atoms with Crippen LogP contribution in [0.1, 0.15) is 16.9 Å². The van der Waals surface area contributed by atoms with Gasteiger partial charge in [-0.2, -0.15) is 0 Å². The highest BCUT2D eigenvalue weighted by Crippen LogP contribution is 2.14. The van der Waals surface area contributed by atoms with Gasteiger partial charge in [-0.05, 0) is 6.42 Å². The van der Waals surface area contributed by atoms with Gasteiger partial charge in [0, 0.05) is 45.7 Å². The van der Waals surface area contributed by atoms with Crippen molar-refractivity contribution in [2.75, 3.05) is 52.6 Å². The van der Waals surface area contributed by atoms with Crippen LogP contribution in [0.15, 0.2) is 5.38 Å². The zero-order valence-corrected chi connectivity index (χ0v) is 13.2. The van der Waals surface area contributed by atoms with E-state index in [9.17, 15) is 9.59 Å². The Morgan fingerprint density at radius 1 is 1.33 bits per heavy atom. The zero-order valence-electron chi connectivity index (χ0n) is 12.4. The lowest BCUT2D eigenvalue weighted by Crippen LogP contribution is -2.39. The summed E-state index contributed by atoms with van der Waals surface area (Å²) >= 11 is 1.27. The summed E-state index contributed by atoms with van der Waals surface area (Å²) in [7, 11) is 3.51. The Bertz CT molecular complexity index is 516. The molecule has 1 aromatic rings. The highest BCUT2D eigenvalue weighted by molar-refractivity contribution is 7.13. The Hall–Kier alpha value is -1.67. The molecular formula is C13H21N5O2S. The Labute approximate surface area is 128 Å². The first-order valence-corrected chi connectivity index (χ1v) is 7.78. The van der Waals surface area contributed by atoms with Gasteiger partial charge in [0.2, 0.25) is 5.91 Å². The third-order valence-electron chi connectivity index (χ3n) is 3.47. The highest BCUT2D eigenvalue weighted by Gasteiger charge is 2.23. The number of carbonyl (C=O) groups excluding carboxylic acids is 2. The van der Waals surface area contributed by atoms with Gasteiger partial charge in [-0.3, -0.25) is 14.5 Å². The van der Waals surface area contributed by atoms with Crippen LogP contribution in [0.5, 0.6) is 0 Å². The topological polar surface area (TPSA) is 82.8 Å². The van der Waals surface area contributed by atoms with Crippen LogP contribution in [0.4, 0.5) is 5.13 Å². The van der Waals surface area contributed by atoms with E-state index >= 15 is 0 Å². The maximum Gasteiger partial charge on any atom is 0.273 e. The quantitative estimate of drug-likeness (QED) is 0.847. The molecule has 0 spiro atoms. The van der Waals surface area contributed by atoms with Crippen molar-refractivity contribution in [1.29, 1.82) is 0 Å². The molecule has 1 aromatic heterocycles. The summed E-state index contributed by atoms with van der Waals surface area (Å²) in [6, 6.07) is 0. The van der Waals surface area contributed by atoms with E-state index in [1.165, 1.54) is 11.3 Å². The van der Waals surface area contributed by atoms with Gasteiger partial charge in [-0.25, -0.2) is 4.98 Å². The molecule has 1 fully saturated rings. The second-order valence-electron chi connectivity index (χ2n) is 5.28. The van der Waals surface area contributed by atoms with Gasteiger partial charge in [0.1, 0.15) is 5.69 Å². The molecule has 8 heteroatoms. The molecule has 1 aliphatic heterocycles. The number of rotatable bonds is 3. The van der Waals surface area contributed by atoms with Crippen molar-refractivity contribution in [3.8, 4) is 0 Å². The van der Waals surface area contributed by atoms with Crippen LogP contribution in [0.25, 0.3) is 0 Å². The molecule has 0 bridgehead atoms. The summed E-state index contributed by atoms with van der Waals surface area (Å²) in [4.78, 5) is 33.6. The fraction of sp³-hybridized carbons (Fsp3) is 0.615. The Balaban J connectivity index is 1.91. The summed E-state index contributed by atoms with van der Waals surface area (Å²) in [5.74, 6) is 0.00536. The van der Waals surface area contributed by atoms with E-state index in [0.717, 1.165) is 13.0 Å². The molecule has 0 aromatic carbocycles.